The zero-order chi connectivity index (χ0) is 7.56. The van der Waals surface area contributed by atoms with Crippen molar-refractivity contribution >= 4 is 5.71 Å². The molecule has 1 aliphatic rings. The lowest BCUT2D eigenvalue weighted by Crippen LogP contribution is -2.28. The summed E-state index contributed by atoms with van der Waals surface area (Å²) < 4.78 is 0. The van der Waals surface area contributed by atoms with Crippen LogP contribution in [0.15, 0.2) is 11.8 Å². The minimum Gasteiger partial charge on any atom is -0.372 e. The summed E-state index contributed by atoms with van der Waals surface area (Å²) >= 11 is 0. The Kier molecular flexibility index (Phi) is 2.10. The third-order valence-electron chi connectivity index (χ3n) is 1.70. The minimum absolute atomic E-state index is 0.827. The van der Waals surface area contributed by atoms with E-state index in [4.69, 9.17) is 5.41 Å². The molecule has 56 valence electrons. The van der Waals surface area contributed by atoms with Crippen LogP contribution in [0.2, 0.25) is 0 Å². The lowest BCUT2D eigenvalue weighted by Gasteiger charge is -2.24. The van der Waals surface area contributed by atoms with E-state index in [0.717, 1.165) is 25.2 Å². The lowest BCUT2D eigenvalue weighted by atomic mass is 10.1. The fourth-order valence-electron chi connectivity index (χ4n) is 1.24. The van der Waals surface area contributed by atoms with Crippen LogP contribution in [-0.2, 0) is 0 Å². The van der Waals surface area contributed by atoms with Gasteiger partial charge in [-0.25, -0.2) is 0 Å². The first-order valence-electron chi connectivity index (χ1n) is 3.70. The molecule has 0 unspecified atom stereocenters. The van der Waals surface area contributed by atoms with Crippen LogP contribution in [0.1, 0.15) is 20.3 Å². The summed E-state index contributed by atoms with van der Waals surface area (Å²) in [6.45, 7) is 6.03. The van der Waals surface area contributed by atoms with Gasteiger partial charge in [-0.3, -0.25) is 0 Å². The van der Waals surface area contributed by atoms with E-state index in [0.29, 0.717) is 0 Å². The Morgan fingerprint density at radius 3 is 2.90 bits per heavy atom. The molecule has 0 spiro atoms. The first-order chi connectivity index (χ1) is 4.72. The summed E-state index contributed by atoms with van der Waals surface area (Å²) in [6.07, 6.45) is 3.02. The molecule has 0 fully saturated rings. The van der Waals surface area contributed by atoms with E-state index < -0.39 is 0 Å². The number of rotatable bonds is 1. The highest BCUT2D eigenvalue weighted by Gasteiger charge is 2.09. The smallest absolute Gasteiger partial charge is 0.0553 e. The number of allylic oxidation sites excluding steroid dienone is 1. The van der Waals surface area contributed by atoms with E-state index in [9.17, 15) is 0 Å². The van der Waals surface area contributed by atoms with Crippen molar-refractivity contribution in [2.75, 3.05) is 13.1 Å². The molecule has 0 atom stereocenters. The maximum absolute atomic E-state index is 7.47. The van der Waals surface area contributed by atoms with Gasteiger partial charge in [0.2, 0.25) is 0 Å². The SMILES string of the molecule is CCN1C=C(C)CC(=N)C1. The summed E-state index contributed by atoms with van der Waals surface area (Å²) in [5, 5.41) is 7.47. The van der Waals surface area contributed by atoms with E-state index in [1.54, 1.807) is 0 Å². The van der Waals surface area contributed by atoms with Crippen molar-refractivity contribution in [1.82, 2.24) is 4.90 Å². The summed E-state index contributed by atoms with van der Waals surface area (Å²) in [7, 11) is 0. The van der Waals surface area contributed by atoms with Gasteiger partial charge in [0.1, 0.15) is 0 Å². The van der Waals surface area contributed by atoms with Gasteiger partial charge >= 0.3 is 0 Å². The monoisotopic (exact) mass is 138 g/mol. The predicted molar refractivity (Wildman–Crippen MR) is 43.3 cm³/mol. The minimum atomic E-state index is 0.827. The highest BCUT2D eigenvalue weighted by atomic mass is 15.1. The molecule has 2 nitrogen and oxygen atoms in total. The van der Waals surface area contributed by atoms with Gasteiger partial charge in [-0.15, -0.1) is 0 Å². The molecule has 2 heteroatoms. The normalized spacial score (nSPS) is 19.2. The van der Waals surface area contributed by atoms with Crippen LogP contribution in [0.5, 0.6) is 0 Å². The Bertz CT molecular complexity index is 170. The molecule has 0 aromatic heterocycles. The van der Waals surface area contributed by atoms with Crippen molar-refractivity contribution in [2.45, 2.75) is 20.3 Å². The van der Waals surface area contributed by atoms with Crippen LogP contribution in [-0.4, -0.2) is 23.7 Å². The van der Waals surface area contributed by atoms with E-state index in [2.05, 4.69) is 24.9 Å². The van der Waals surface area contributed by atoms with Crippen molar-refractivity contribution in [1.29, 1.82) is 5.41 Å². The van der Waals surface area contributed by atoms with Gasteiger partial charge < -0.3 is 10.3 Å². The Labute approximate surface area is 62.0 Å². The second-order valence-corrected chi connectivity index (χ2v) is 2.82. The largest absolute Gasteiger partial charge is 0.372 e. The van der Waals surface area contributed by atoms with Crippen LogP contribution in [0.3, 0.4) is 0 Å². The van der Waals surface area contributed by atoms with Crippen molar-refractivity contribution in [3.63, 3.8) is 0 Å². The average molecular weight is 138 g/mol. The quantitative estimate of drug-likeness (QED) is 0.586. The Balaban J connectivity index is 2.63. The van der Waals surface area contributed by atoms with Crippen LogP contribution in [0.4, 0.5) is 0 Å². The van der Waals surface area contributed by atoms with Crippen molar-refractivity contribution in [3.05, 3.63) is 11.8 Å². The summed E-state index contributed by atoms with van der Waals surface area (Å²) in [5.41, 5.74) is 2.14. The molecule has 1 rings (SSSR count). The first kappa shape index (κ1) is 7.32. The molecule has 0 aromatic carbocycles. The molecule has 1 aliphatic heterocycles. The number of hydrogen-bond acceptors (Lipinski definition) is 2. The second-order valence-electron chi connectivity index (χ2n) is 2.82. The molecule has 10 heavy (non-hydrogen) atoms. The molecule has 1 heterocycles. The molecular formula is C8H14N2. The summed E-state index contributed by atoms with van der Waals surface area (Å²) in [4.78, 5) is 2.17. The van der Waals surface area contributed by atoms with Gasteiger partial charge in [0.05, 0.1) is 6.54 Å². The fourth-order valence-corrected chi connectivity index (χ4v) is 1.24. The van der Waals surface area contributed by atoms with Gasteiger partial charge in [-0.1, -0.05) is 5.57 Å². The fraction of sp³-hybridized carbons (Fsp3) is 0.625. The van der Waals surface area contributed by atoms with E-state index in [1.165, 1.54) is 5.57 Å². The predicted octanol–water partition coefficient (Wildman–Crippen LogP) is 1.64. The van der Waals surface area contributed by atoms with Gasteiger partial charge in [0, 0.05) is 18.7 Å². The topological polar surface area (TPSA) is 27.1 Å². The summed E-state index contributed by atoms with van der Waals surface area (Å²) in [6, 6.07) is 0. The van der Waals surface area contributed by atoms with E-state index in [-0.39, 0.29) is 0 Å². The number of nitrogens with one attached hydrogen (secondary N) is 1. The highest BCUT2D eigenvalue weighted by molar-refractivity contribution is 5.86. The van der Waals surface area contributed by atoms with Crippen molar-refractivity contribution in [2.24, 2.45) is 0 Å². The van der Waals surface area contributed by atoms with Gasteiger partial charge in [-0.2, -0.15) is 0 Å². The highest BCUT2D eigenvalue weighted by Crippen LogP contribution is 2.10. The lowest BCUT2D eigenvalue weighted by molar-refractivity contribution is 0.436. The molecule has 1 N–H and O–H groups in total. The first-order valence-corrected chi connectivity index (χ1v) is 3.70. The van der Waals surface area contributed by atoms with E-state index in [1.807, 2.05) is 0 Å². The van der Waals surface area contributed by atoms with Gasteiger partial charge in [-0.05, 0) is 20.0 Å². The van der Waals surface area contributed by atoms with Crippen LogP contribution < -0.4 is 0 Å². The van der Waals surface area contributed by atoms with Gasteiger partial charge in [0.15, 0.2) is 0 Å². The molecule has 0 radical (unpaired) electrons. The van der Waals surface area contributed by atoms with Gasteiger partial charge in [0.25, 0.3) is 0 Å². The number of nitrogens with zero attached hydrogens (tertiary/aromatic N) is 1. The molecule has 0 amide bonds. The van der Waals surface area contributed by atoms with E-state index >= 15 is 0 Å². The average Bonchev–Trinajstić information content (AvgIpc) is 1.85. The molecule has 0 saturated carbocycles. The van der Waals surface area contributed by atoms with Crippen LogP contribution >= 0.6 is 0 Å². The van der Waals surface area contributed by atoms with Crippen LogP contribution in [0, 0.1) is 5.41 Å². The molecule has 0 aromatic rings. The summed E-state index contributed by atoms with van der Waals surface area (Å²) in [5.74, 6) is 0. The maximum atomic E-state index is 7.47. The Morgan fingerprint density at radius 2 is 2.40 bits per heavy atom. The van der Waals surface area contributed by atoms with Crippen molar-refractivity contribution < 1.29 is 0 Å². The zero-order valence-electron chi connectivity index (χ0n) is 6.65. The maximum Gasteiger partial charge on any atom is 0.0553 e. The molecule has 0 bridgehead atoms. The number of hydrogen-bond donors (Lipinski definition) is 1. The Hall–Kier alpha value is -0.790. The van der Waals surface area contributed by atoms with Crippen LogP contribution in [0.25, 0.3) is 0 Å². The zero-order valence-corrected chi connectivity index (χ0v) is 6.65. The standard InChI is InChI=1S/C8H14N2/c1-3-10-5-7(2)4-8(9)6-10/h5,9H,3-4,6H2,1-2H3. The Morgan fingerprint density at radius 1 is 1.70 bits per heavy atom. The third kappa shape index (κ3) is 1.59. The van der Waals surface area contributed by atoms with Crippen molar-refractivity contribution in [3.8, 4) is 0 Å². The third-order valence-corrected chi connectivity index (χ3v) is 1.70. The molecule has 0 saturated heterocycles. The molecule has 0 aliphatic carbocycles. The molecular weight excluding hydrogens is 124 g/mol. The second kappa shape index (κ2) is 2.86.